The molecule has 0 bridgehead atoms. The molecule has 1 fully saturated rings. The van der Waals surface area contributed by atoms with Gasteiger partial charge in [-0.1, -0.05) is 28.0 Å². The molecule has 1 aliphatic heterocycles. The van der Waals surface area contributed by atoms with Crippen molar-refractivity contribution in [3.05, 3.63) is 45.8 Å². The molecule has 2 amide bonds. The van der Waals surface area contributed by atoms with Crippen molar-refractivity contribution in [2.24, 2.45) is 0 Å². The minimum absolute atomic E-state index is 0.0478. The van der Waals surface area contributed by atoms with E-state index < -0.39 is 0 Å². The van der Waals surface area contributed by atoms with Gasteiger partial charge in [0.2, 0.25) is 0 Å². The van der Waals surface area contributed by atoms with Gasteiger partial charge in [0.15, 0.2) is 0 Å². The summed E-state index contributed by atoms with van der Waals surface area (Å²) in [6.07, 6.45) is 2.73. The van der Waals surface area contributed by atoms with Gasteiger partial charge in [-0.2, -0.15) is 0 Å². The van der Waals surface area contributed by atoms with Crippen LogP contribution in [0.25, 0.3) is 0 Å². The number of nitrogens with one attached hydrogen (secondary N) is 1. The SMILES string of the molecule is CCc1onc(C)c1[C@@H]1CCCN1C(=O)Nc1ccc(Br)cc1. The second-order valence-electron chi connectivity index (χ2n) is 5.75. The Labute approximate surface area is 144 Å². The minimum atomic E-state index is -0.0718. The van der Waals surface area contributed by atoms with E-state index in [1.807, 2.05) is 43.0 Å². The van der Waals surface area contributed by atoms with Crippen LogP contribution < -0.4 is 5.32 Å². The number of anilines is 1. The molecule has 1 N–H and O–H groups in total. The topological polar surface area (TPSA) is 58.4 Å². The molecule has 5 nitrogen and oxygen atoms in total. The van der Waals surface area contributed by atoms with E-state index in [9.17, 15) is 4.79 Å². The molecular weight excluding hydrogens is 358 g/mol. The molecule has 1 atom stereocenters. The lowest BCUT2D eigenvalue weighted by Gasteiger charge is -2.25. The fraction of sp³-hybridized carbons (Fsp3) is 0.412. The molecule has 0 unspecified atom stereocenters. The van der Waals surface area contributed by atoms with Gasteiger partial charge >= 0.3 is 6.03 Å². The molecular formula is C17H20BrN3O2. The molecule has 1 saturated heterocycles. The first-order valence-corrected chi connectivity index (χ1v) is 8.67. The minimum Gasteiger partial charge on any atom is -0.361 e. The summed E-state index contributed by atoms with van der Waals surface area (Å²) in [6.45, 7) is 4.74. The Bertz CT molecular complexity index is 696. The first kappa shape index (κ1) is 16.1. The largest absolute Gasteiger partial charge is 0.361 e. The van der Waals surface area contributed by atoms with Gasteiger partial charge in [-0.3, -0.25) is 0 Å². The van der Waals surface area contributed by atoms with Gasteiger partial charge in [-0.15, -0.1) is 0 Å². The second kappa shape index (κ2) is 6.74. The summed E-state index contributed by atoms with van der Waals surface area (Å²) < 4.78 is 6.39. The highest BCUT2D eigenvalue weighted by Gasteiger charge is 2.34. The van der Waals surface area contributed by atoms with Crippen molar-refractivity contribution in [3.63, 3.8) is 0 Å². The normalized spacial score (nSPS) is 17.5. The molecule has 0 saturated carbocycles. The number of amides is 2. The lowest BCUT2D eigenvalue weighted by atomic mass is 10.0. The number of aromatic nitrogens is 1. The van der Waals surface area contributed by atoms with Crippen LogP contribution in [0.2, 0.25) is 0 Å². The molecule has 23 heavy (non-hydrogen) atoms. The van der Waals surface area contributed by atoms with E-state index in [0.717, 1.165) is 53.0 Å². The van der Waals surface area contributed by atoms with Crippen LogP contribution in [0.3, 0.4) is 0 Å². The summed E-state index contributed by atoms with van der Waals surface area (Å²) in [5.74, 6) is 0.885. The van der Waals surface area contributed by atoms with Gasteiger partial charge in [0.05, 0.1) is 11.7 Å². The number of rotatable bonds is 3. The zero-order chi connectivity index (χ0) is 16.4. The summed E-state index contributed by atoms with van der Waals surface area (Å²) in [7, 11) is 0. The van der Waals surface area contributed by atoms with E-state index in [0.29, 0.717) is 0 Å². The summed E-state index contributed by atoms with van der Waals surface area (Å²) in [5.41, 5.74) is 2.76. The second-order valence-corrected chi connectivity index (χ2v) is 6.66. The average Bonchev–Trinajstić information content (AvgIpc) is 3.15. The molecule has 1 aliphatic rings. The van der Waals surface area contributed by atoms with Gasteiger partial charge < -0.3 is 14.7 Å². The molecule has 122 valence electrons. The van der Waals surface area contributed by atoms with Gasteiger partial charge in [-0.05, 0) is 44.0 Å². The van der Waals surface area contributed by atoms with Crippen LogP contribution in [0.5, 0.6) is 0 Å². The number of carbonyl (C=O) groups excluding carboxylic acids is 1. The van der Waals surface area contributed by atoms with Crippen molar-refractivity contribution in [1.82, 2.24) is 10.1 Å². The van der Waals surface area contributed by atoms with Gasteiger partial charge in [0.1, 0.15) is 5.76 Å². The lowest BCUT2D eigenvalue weighted by molar-refractivity contribution is 0.206. The van der Waals surface area contributed by atoms with Gasteiger partial charge in [0.25, 0.3) is 0 Å². The first-order valence-electron chi connectivity index (χ1n) is 7.88. The number of aryl methyl sites for hydroxylation is 2. The zero-order valence-corrected chi connectivity index (χ0v) is 14.9. The average molecular weight is 378 g/mol. The van der Waals surface area contributed by atoms with E-state index in [1.165, 1.54) is 0 Å². The number of hydrogen-bond acceptors (Lipinski definition) is 3. The van der Waals surface area contributed by atoms with E-state index in [-0.39, 0.29) is 12.1 Å². The van der Waals surface area contributed by atoms with Crippen molar-refractivity contribution >= 4 is 27.6 Å². The number of hydrogen-bond donors (Lipinski definition) is 1. The summed E-state index contributed by atoms with van der Waals surface area (Å²) in [5, 5.41) is 7.06. The Morgan fingerprint density at radius 2 is 2.17 bits per heavy atom. The maximum Gasteiger partial charge on any atom is 0.322 e. The highest BCUT2D eigenvalue weighted by molar-refractivity contribution is 9.10. The molecule has 2 heterocycles. The van der Waals surface area contributed by atoms with Crippen molar-refractivity contribution in [3.8, 4) is 0 Å². The van der Waals surface area contributed by atoms with E-state index in [1.54, 1.807) is 0 Å². The van der Waals surface area contributed by atoms with Crippen LogP contribution >= 0.6 is 15.9 Å². The van der Waals surface area contributed by atoms with Crippen LogP contribution in [0.15, 0.2) is 33.3 Å². The molecule has 0 radical (unpaired) electrons. The van der Waals surface area contributed by atoms with Crippen molar-refractivity contribution in [2.45, 2.75) is 39.2 Å². The third kappa shape index (κ3) is 3.27. The zero-order valence-electron chi connectivity index (χ0n) is 13.3. The highest BCUT2D eigenvalue weighted by atomic mass is 79.9. The van der Waals surface area contributed by atoms with Crippen molar-refractivity contribution < 1.29 is 9.32 Å². The predicted octanol–water partition coefficient (Wildman–Crippen LogP) is 4.68. The number of halogens is 1. The van der Waals surface area contributed by atoms with E-state index in [4.69, 9.17) is 4.52 Å². The standard InChI is InChI=1S/C17H20BrN3O2/c1-3-15-16(11(2)20-23-15)14-5-4-10-21(14)17(22)19-13-8-6-12(18)7-9-13/h6-9,14H,3-5,10H2,1-2H3,(H,19,22)/t14-/m0/s1. The van der Waals surface area contributed by atoms with Crippen LogP contribution in [-0.2, 0) is 6.42 Å². The van der Waals surface area contributed by atoms with Crippen LogP contribution in [0, 0.1) is 6.92 Å². The third-order valence-corrected chi connectivity index (χ3v) is 4.78. The number of benzene rings is 1. The monoisotopic (exact) mass is 377 g/mol. The first-order chi connectivity index (χ1) is 11.1. The Kier molecular flexibility index (Phi) is 4.71. The molecule has 0 spiro atoms. The maximum atomic E-state index is 12.7. The smallest absolute Gasteiger partial charge is 0.322 e. The number of carbonyl (C=O) groups is 1. The van der Waals surface area contributed by atoms with Crippen LogP contribution in [-0.4, -0.2) is 22.6 Å². The molecule has 2 aromatic rings. The number of likely N-dealkylation sites (tertiary alicyclic amines) is 1. The Hall–Kier alpha value is -1.82. The summed E-state index contributed by atoms with van der Waals surface area (Å²) in [6, 6.07) is 7.57. The van der Waals surface area contributed by atoms with Crippen LogP contribution in [0.4, 0.5) is 10.5 Å². The summed E-state index contributed by atoms with van der Waals surface area (Å²) in [4.78, 5) is 14.6. The predicted molar refractivity (Wildman–Crippen MR) is 92.5 cm³/mol. The molecule has 0 aliphatic carbocycles. The van der Waals surface area contributed by atoms with Crippen LogP contribution in [0.1, 0.15) is 42.8 Å². The summed E-state index contributed by atoms with van der Waals surface area (Å²) >= 11 is 3.40. The quantitative estimate of drug-likeness (QED) is 0.844. The van der Waals surface area contributed by atoms with Crippen molar-refractivity contribution in [1.29, 1.82) is 0 Å². The Morgan fingerprint density at radius 1 is 1.43 bits per heavy atom. The Balaban J connectivity index is 1.79. The lowest BCUT2D eigenvalue weighted by Crippen LogP contribution is -2.34. The third-order valence-electron chi connectivity index (χ3n) is 4.25. The maximum absolute atomic E-state index is 12.7. The fourth-order valence-electron chi connectivity index (χ4n) is 3.14. The number of nitrogens with zero attached hydrogens (tertiary/aromatic N) is 2. The number of urea groups is 1. The van der Waals surface area contributed by atoms with Gasteiger partial charge in [-0.25, -0.2) is 4.79 Å². The highest BCUT2D eigenvalue weighted by Crippen LogP contribution is 2.36. The molecule has 3 rings (SSSR count). The van der Waals surface area contributed by atoms with E-state index in [2.05, 4.69) is 26.4 Å². The molecule has 6 heteroatoms. The molecule has 1 aromatic heterocycles. The Morgan fingerprint density at radius 3 is 2.87 bits per heavy atom. The van der Waals surface area contributed by atoms with E-state index >= 15 is 0 Å². The fourth-order valence-corrected chi connectivity index (χ4v) is 3.41. The van der Waals surface area contributed by atoms with Gasteiger partial charge in [0, 0.05) is 28.7 Å². The molecule has 1 aromatic carbocycles. The van der Waals surface area contributed by atoms with Crippen molar-refractivity contribution in [2.75, 3.05) is 11.9 Å².